The molecule has 1 atom stereocenters. The predicted octanol–water partition coefficient (Wildman–Crippen LogP) is 2.89. The van der Waals surface area contributed by atoms with Crippen LogP contribution in [-0.4, -0.2) is 39.3 Å². The van der Waals surface area contributed by atoms with Crippen molar-refractivity contribution in [3.63, 3.8) is 0 Å². The number of aryl methyl sites for hydroxylation is 1. The van der Waals surface area contributed by atoms with Crippen LogP contribution in [-0.2, 0) is 0 Å². The van der Waals surface area contributed by atoms with Gasteiger partial charge >= 0.3 is 0 Å². The van der Waals surface area contributed by atoms with Gasteiger partial charge in [-0.15, -0.1) is 0 Å². The Bertz CT molecular complexity index is 828. The van der Waals surface area contributed by atoms with E-state index in [1.165, 1.54) is 0 Å². The highest BCUT2D eigenvalue weighted by atomic mass is 16.3. The van der Waals surface area contributed by atoms with Crippen LogP contribution in [0, 0.1) is 6.92 Å². The molecule has 0 bridgehead atoms. The van der Waals surface area contributed by atoms with Crippen molar-refractivity contribution < 1.29 is 5.11 Å². The van der Waals surface area contributed by atoms with Gasteiger partial charge in [0.25, 0.3) is 0 Å². The fourth-order valence-electron chi connectivity index (χ4n) is 3.40. The van der Waals surface area contributed by atoms with Gasteiger partial charge in [-0.2, -0.15) is 0 Å². The van der Waals surface area contributed by atoms with E-state index in [1.807, 2.05) is 25.1 Å². The minimum atomic E-state index is 0.149. The van der Waals surface area contributed by atoms with E-state index in [9.17, 15) is 5.11 Å². The van der Waals surface area contributed by atoms with Crippen LogP contribution in [0.2, 0.25) is 0 Å². The van der Waals surface area contributed by atoms with E-state index in [0.717, 1.165) is 53.3 Å². The first-order chi connectivity index (χ1) is 11.3. The van der Waals surface area contributed by atoms with Crippen LogP contribution >= 0.6 is 0 Å². The zero-order valence-electron chi connectivity index (χ0n) is 13.2. The maximum atomic E-state index is 9.63. The lowest BCUT2D eigenvalue weighted by Gasteiger charge is -2.24. The maximum absolute atomic E-state index is 9.63. The molecule has 1 aromatic carbocycles. The summed E-state index contributed by atoms with van der Waals surface area (Å²) in [5, 5.41) is 9.63. The van der Waals surface area contributed by atoms with Crippen LogP contribution in [0.4, 0.5) is 5.82 Å². The summed E-state index contributed by atoms with van der Waals surface area (Å²) < 4.78 is 0. The molecule has 5 nitrogen and oxygen atoms in total. The summed E-state index contributed by atoms with van der Waals surface area (Å²) in [6.45, 7) is 3.01. The predicted molar refractivity (Wildman–Crippen MR) is 91.5 cm³/mol. The Labute approximate surface area is 135 Å². The zero-order chi connectivity index (χ0) is 15.8. The monoisotopic (exact) mass is 308 g/mol. The molecule has 5 heteroatoms. The quantitative estimate of drug-likeness (QED) is 0.781. The summed E-state index contributed by atoms with van der Waals surface area (Å²) in [5.74, 6) is 1.67. The Morgan fingerprint density at radius 3 is 2.87 bits per heavy atom. The van der Waals surface area contributed by atoms with E-state index in [1.54, 1.807) is 0 Å². The normalized spacial score (nSPS) is 18.0. The van der Waals surface area contributed by atoms with E-state index < -0.39 is 0 Å². The molecule has 1 fully saturated rings. The highest BCUT2D eigenvalue weighted by Crippen LogP contribution is 2.32. The van der Waals surface area contributed by atoms with Crippen molar-refractivity contribution in [2.75, 3.05) is 18.1 Å². The average molecular weight is 308 g/mol. The third kappa shape index (κ3) is 2.47. The van der Waals surface area contributed by atoms with Crippen molar-refractivity contribution in [1.82, 2.24) is 15.0 Å². The van der Waals surface area contributed by atoms with Crippen LogP contribution in [0.5, 0.6) is 0 Å². The molecule has 2 aromatic heterocycles. The molecule has 4 rings (SSSR count). The van der Waals surface area contributed by atoms with Gasteiger partial charge in [-0.3, -0.25) is 0 Å². The smallest absolute Gasteiger partial charge is 0.157 e. The van der Waals surface area contributed by atoms with E-state index >= 15 is 0 Å². The van der Waals surface area contributed by atoms with Gasteiger partial charge in [-0.1, -0.05) is 30.3 Å². The number of hydrogen-bond acceptors (Lipinski definition) is 4. The number of aromatic nitrogens is 3. The molecule has 3 aromatic rings. The number of fused-ring (bicyclic) bond motifs is 1. The van der Waals surface area contributed by atoms with Crippen LogP contribution in [0.25, 0.3) is 22.3 Å². The third-order valence-corrected chi connectivity index (χ3v) is 4.52. The lowest BCUT2D eigenvalue weighted by Crippen LogP contribution is -2.33. The summed E-state index contributed by atoms with van der Waals surface area (Å²) in [5.41, 5.74) is 4.06. The summed E-state index contributed by atoms with van der Waals surface area (Å²) >= 11 is 0. The number of nitrogens with zero attached hydrogens (tertiary/aromatic N) is 3. The standard InChI is InChI=1S/C18H20N4O/c1-12-19-16-10-15(13-6-3-2-4-7-13)21-17(16)18(20-12)22-9-5-8-14(22)11-23/h2-4,6-7,10,14,21,23H,5,8-9,11H2,1H3. The summed E-state index contributed by atoms with van der Waals surface area (Å²) in [6, 6.07) is 12.5. The highest BCUT2D eigenvalue weighted by molar-refractivity contribution is 5.91. The second-order valence-corrected chi connectivity index (χ2v) is 6.08. The molecule has 1 unspecified atom stereocenters. The van der Waals surface area contributed by atoms with Gasteiger partial charge in [0.1, 0.15) is 11.3 Å². The third-order valence-electron chi connectivity index (χ3n) is 4.52. The number of aliphatic hydroxyl groups is 1. The molecule has 2 N–H and O–H groups in total. The van der Waals surface area contributed by atoms with Crippen LogP contribution in [0.1, 0.15) is 18.7 Å². The van der Waals surface area contributed by atoms with E-state index in [-0.39, 0.29) is 12.6 Å². The molecule has 0 spiro atoms. The number of anilines is 1. The van der Waals surface area contributed by atoms with Crippen molar-refractivity contribution in [3.8, 4) is 11.3 Å². The number of hydrogen-bond donors (Lipinski definition) is 2. The average Bonchev–Trinajstić information content (AvgIpc) is 3.21. The summed E-state index contributed by atoms with van der Waals surface area (Å²) in [4.78, 5) is 14.9. The number of aliphatic hydroxyl groups excluding tert-OH is 1. The van der Waals surface area contributed by atoms with Crippen LogP contribution in [0.15, 0.2) is 36.4 Å². The minimum Gasteiger partial charge on any atom is -0.394 e. The first-order valence-corrected chi connectivity index (χ1v) is 8.06. The highest BCUT2D eigenvalue weighted by Gasteiger charge is 2.27. The second kappa shape index (κ2) is 5.66. The Hall–Kier alpha value is -2.40. The van der Waals surface area contributed by atoms with Crippen molar-refractivity contribution in [2.45, 2.75) is 25.8 Å². The molecule has 3 heterocycles. The van der Waals surface area contributed by atoms with Gasteiger partial charge in [-0.25, -0.2) is 9.97 Å². The van der Waals surface area contributed by atoms with Crippen molar-refractivity contribution >= 4 is 16.9 Å². The molecular formula is C18H20N4O. The Morgan fingerprint density at radius 1 is 1.26 bits per heavy atom. The van der Waals surface area contributed by atoms with E-state index in [2.05, 4.69) is 38.1 Å². The molecule has 0 saturated carbocycles. The number of benzene rings is 1. The van der Waals surface area contributed by atoms with Crippen molar-refractivity contribution in [2.24, 2.45) is 0 Å². The van der Waals surface area contributed by atoms with Gasteiger partial charge in [0, 0.05) is 12.2 Å². The summed E-state index contributed by atoms with van der Waals surface area (Å²) in [6.07, 6.45) is 2.09. The first kappa shape index (κ1) is 14.2. The van der Waals surface area contributed by atoms with E-state index in [4.69, 9.17) is 0 Å². The lowest BCUT2D eigenvalue weighted by molar-refractivity contribution is 0.266. The molecule has 1 saturated heterocycles. The SMILES string of the molecule is Cc1nc(N2CCCC2CO)c2[nH]c(-c3ccccc3)cc2n1. The Kier molecular flexibility index (Phi) is 3.50. The molecule has 0 amide bonds. The molecule has 1 aliphatic heterocycles. The van der Waals surface area contributed by atoms with Crippen molar-refractivity contribution in [3.05, 3.63) is 42.2 Å². The number of H-pyrrole nitrogens is 1. The first-order valence-electron chi connectivity index (χ1n) is 8.06. The zero-order valence-corrected chi connectivity index (χ0v) is 13.2. The fourth-order valence-corrected chi connectivity index (χ4v) is 3.40. The number of nitrogens with one attached hydrogen (secondary N) is 1. The topological polar surface area (TPSA) is 65.0 Å². The van der Waals surface area contributed by atoms with Crippen LogP contribution in [0.3, 0.4) is 0 Å². The van der Waals surface area contributed by atoms with Gasteiger partial charge in [0.05, 0.1) is 18.2 Å². The molecular weight excluding hydrogens is 288 g/mol. The maximum Gasteiger partial charge on any atom is 0.157 e. The van der Waals surface area contributed by atoms with Crippen molar-refractivity contribution in [1.29, 1.82) is 0 Å². The number of aromatic amines is 1. The molecule has 0 radical (unpaired) electrons. The van der Waals surface area contributed by atoms with Gasteiger partial charge in [0.15, 0.2) is 5.82 Å². The van der Waals surface area contributed by atoms with Gasteiger partial charge in [0.2, 0.25) is 0 Å². The van der Waals surface area contributed by atoms with Gasteiger partial charge in [-0.05, 0) is 31.4 Å². The summed E-state index contributed by atoms with van der Waals surface area (Å²) in [7, 11) is 0. The molecule has 118 valence electrons. The molecule has 0 aliphatic carbocycles. The Balaban J connectivity index is 1.86. The largest absolute Gasteiger partial charge is 0.394 e. The van der Waals surface area contributed by atoms with Crippen LogP contribution < -0.4 is 4.90 Å². The molecule has 23 heavy (non-hydrogen) atoms. The van der Waals surface area contributed by atoms with E-state index in [0.29, 0.717) is 0 Å². The second-order valence-electron chi connectivity index (χ2n) is 6.08. The lowest BCUT2D eigenvalue weighted by atomic mass is 10.2. The van der Waals surface area contributed by atoms with Gasteiger partial charge < -0.3 is 15.0 Å². The number of rotatable bonds is 3. The fraction of sp³-hybridized carbons (Fsp3) is 0.333. The minimum absolute atomic E-state index is 0.149. The molecule has 1 aliphatic rings. The Morgan fingerprint density at radius 2 is 2.09 bits per heavy atom.